The normalized spacial score (nSPS) is 11.2. The van der Waals surface area contributed by atoms with E-state index in [4.69, 9.17) is 22.7 Å². The molecule has 112 valence electrons. The maximum absolute atomic E-state index is 12.3. The van der Waals surface area contributed by atoms with Crippen molar-refractivity contribution in [2.45, 2.75) is 18.7 Å². The molecule has 0 aromatic heterocycles. The Bertz CT molecular complexity index is 584. The Morgan fingerprint density at radius 1 is 1.40 bits per heavy atom. The summed E-state index contributed by atoms with van der Waals surface area (Å²) in [5.74, 6) is 0.445. The fraction of sp³-hybridized carbons (Fsp3) is 0.417. The molecule has 0 saturated carbocycles. The molecular weight excluding hydrogens is 316 g/mol. The van der Waals surface area contributed by atoms with Crippen molar-refractivity contribution in [3.63, 3.8) is 0 Å². The van der Waals surface area contributed by atoms with Crippen LogP contribution in [0.5, 0.6) is 5.75 Å². The van der Waals surface area contributed by atoms with Gasteiger partial charge >= 0.3 is 0 Å². The number of nitrogens with two attached hydrogens (primary N) is 1. The second kappa shape index (κ2) is 7.14. The van der Waals surface area contributed by atoms with Crippen LogP contribution in [-0.4, -0.2) is 37.8 Å². The number of anilines is 1. The van der Waals surface area contributed by atoms with Gasteiger partial charge in [-0.15, -0.1) is 0 Å². The van der Waals surface area contributed by atoms with Crippen LogP contribution in [0.25, 0.3) is 0 Å². The van der Waals surface area contributed by atoms with E-state index in [9.17, 15) is 8.42 Å². The van der Waals surface area contributed by atoms with Gasteiger partial charge in [-0.25, -0.2) is 8.42 Å². The van der Waals surface area contributed by atoms with Gasteiger partial charge in [0.2, 0.25) is 8.87 Å². The summed E-state index contributed by atoms with van der Waals surface area (Å²) in [5, 5.41) is 0. The maximum Gasteiger partial charge on any atom is 0.236 e. The molecule has 0 bridgehead atoms. The Balaban J connectivity index is 3.00. The molecule has 1 rings (SSSR count). The lowest BCUT2D eigenvalue weighted by Gasteiger charge is -2.20. The van der Waals surface area contributed by atoms with Gasteiger partial charge in [0.1, 0.15) is 5.75 Å². The number of benzene rings is 1. The second-order valence-electron chi connectivity index (χ2n) is 3.88. The van der Waals surface area contributed by atoms with E-state index in [1.165, 1.54) is 25.3 Å². The SMILES string of the molecule is CCN(CC)C(=S)SS(=O)(=O)c1ccc(OC)c(N)c1. The number of methoxy groups -OCH3 is 1. The van der Waals surface area contributed by atoms with E-state index in [0.29, 0.717) is 34.0 Å². The van der Waals surface area contributed by atoms with Gasteiger partial charge in [-0.05, 0) is 32.0 Å². The topological polar surface area (TPSA) is 72.6 Å². The number of hydrogen-bond donors (Lipinski definition) is 1. The lowest BCUT2D eigenvalue weighted by molar-refractivity contribution is 0.416. The van der Waals surface area contributed by atoms with Crippen LogP contribution >= 0.6 is 23.0 Å². The second-order valence-corrected chi connectivity index (χ2v) is 8.27. The van der Waals surface area contributed by atoms with Gasteiger partial charge in [-0.1, -0.05) is 12.2 Å². The van der Waals surface area contributed by atoms with Gasteiger partial charge < -0.3 is 15.4 Å². The van der Waals surface area contributed by atoms with E-state index >= 15 is 0 Å². The molecule has 0 unspecified atom stereocenters. The summed E-state index contributed by atoms with van der Waals surface area (Å²) in [6, 6.07) is 4.37. The highest BCUT2D eigenvalue weighted by Gasteiger charge is 2.21. The third kappa shape index (κ3) is 4.00. The van der Waals surface area contributed by atoms with Crippen LogP contribution in [0.15, 0.2) is 23.1 Å². The minimum Gasteiger partial charge on any atom is -0.495 e. The first kappa shape index (κ1) is 17.1. The van der Waals surface area contributed by atoms with Crippen LogP contribution in [0.2, 0.25) is 0 Å². The third-order valence-electron chi connectivity index (χ3n) is 2.69. The minimum absolute atomic E-state index is 0.121. The number of nitrogens with zero attached hydrogens (tertiary/aromatic N) is 1. The van der Waals surface area contributed by atoms with Gasteiger partial charge in [0.25, 0.3) is 0 Å². The van der Waals surface area contributed by atoms with Gasteiger partial charge in [-0.3, -0.25) is 0 Å². The molecule has 0 heterocycles. The first-order valence-electron chi connectivity index (χ1n) is 6.02. The van der Waals surface area contributed by atoms with Crippen molar-refractivity contribution in [1.29, 1.82) is 0 Å². The van der Waals surface area contributed by atoms with E-state index in [2.05, 4.69) is 0 Å². The Morgan fingerprint density at radius 2 is 2.00 bits per heavy atom. The number of thiocarbonyl (C=S) groups is 1. The molecule has 1 aromatic carbocycles. The average Bonchev–Trinajstić information content (AvgIpc) is 2.39. The fourth-order valence-electron chi connectivity index (χ4n) is 1.54. The molecule has 5 nitrogen and oxygen atoms in total. The van der Waals surface area contributed by atoms with Crippen LogP contribution in [0.4, 0.5) is 5.69 Å². The van der Waals surface area contributed by atoms with Crippen molar-refractivity contribution < 1.29 is 13.2 Å². The van der Waals surface area contributed by atoms with Crippen molar-refractivity contribution in [3.8, 4) is 5.75 Å². The molecule has 0 aliphatic heterocycles. The minimum atomic E-state index is -3.57. The average molecular weight is 334 g/mol. The van der Waals surface area contributed by atoms with Crippen LogP contribution in [-0.2, 0) is 8.87 Å². The zero-order valence-electron chi connectivity index (χ0n) is 11.6. The highest BCUT2D eigenvalue weighted by molar-refractivity contribution is 8.79. The van der Waals surface area contributed by atoms with Crippen LogP contribution in [0, 0.1) is 0 Å². The highest BCUT2D eigenvalue weighted by atomic mass is 33.1. The molecule has 0 radical (unpaired) electrons. The number of hydrogen-bond acceptors (Lipinski definition) is 6. The number of nitrogen functional groups attached to an aromatic ring is 1. The molecule has 0 aliphatic rings. The summed E-state index contributed by atoms with van der Waals surface area (Å²) >= 11 is 5.16. The first-order valence-corrected chi connectivity index (χ1v) is 9.25. The number of rotatable bonds is 5. The smallest absolute Gasteiger partial charge is 0.236 e. The van der Waals surface area contributed by atoms with Gasteiger partial charge in [0.15, 0.2) is 4.32 Å². The molecule has 8 heteroatoms. The van der Waals surface area contributed by atoms with E-state index in [1.807, 2.05) is 18.7 Å². The lowest BCUT2D eigenvalue weighted by Crippen LogP contribution is -2.27. The van der Waals surface area contributed by atoms with Crippen molar-refractivity contribution >= 4 is 41.9 Å². The molecule has 0 amide bonds. The largest absolute Gasteiger partial charge is 0.495 e. The molecule has 20 heavy (non-hydrogen) atoms. The van der Waals surface area contributed by atoms with E-state index in [0.717, 1.165) is 0 Å². The summed E-state index contributed by atoms with van der Waals surface area (Å²) in [5.41, 5.74) is 6.01. The summed E-state index contributed by atoms with van der Waals surface area (Å²) in [7, 11) is -1.43. The van der Waals surface area contributed by atoms with Gasteiger partial charge in [-0.2, -0.15) is 0 Å². The molecule has 1 aromatic rings. The molecule has 0 aliphatic carbocycles. The quantitative estimate of drug-likeness (QED) is 0.503. The highest BCUT2D eigenvalue weighted by Crippen LogP contribution is 2.30. The molecule has 2 N–H and O–H groups in total. The number of ether oxygens (including phenoxy) is 1. The molecule has 0 fully saturated rings. The first-order chi connectivity index (χ1) is 9.35. The zero-order chi connectivity index (χ0) is 15.3. The molecule has 0 spiro atoms. The van der Waals surface area contributed by atoms with E-state index in [-0.39, 0.29) is 10.6 Å². The van der Waals surface area contributed by atoms with Crippen LogP contribution < -0.4 is 10.5 Å². The third-order valence-corrected chi connectivity index (χ3v) is 6.68. The lowest BCUT2D eigenvalue weighted by atomic mass is 10.3. The Hall–Kier alpha value is -0.990. The monoisotopic (exact) mass is 334 g/mol. The van der Waals surface area contributed by atoms with E-state index in [1.54, 1.807) is 0 Å². The molecule has 0 saturated heterocycles. The van der Waals surface area contributed by atoms with Crippen LogP contribution in [0.3, 0.4) is 0 Å². The van der Waals surface area contributed by atoms with E-state index < -0.39 is 8.87 Å². The standard InChI is InChI=1S/C12H18N2O3S3/c1-4-14(5-2)12(18)19-20(15,16)9-6-7-11(17-3)10(13)8-9/h6-8H,4-5,13H2,1-3H3. The van der Waals surface area contributed by atoms with Crippen molar-refractivity contribution in [2.75, 3.05) is 25.9 Å². The molecule has 0 atom stereocenters. The Labute approximate surface area is 128 Å². The van der Waals surface area contributed by atoms with Gasteiger partial charge in [0.05, 0.1) is 17.7 Å². The predicted octanol–water partition coefficient (Wildman–Crippen LogP) is 2.33. The predicted molar refractivity (Wildman–Crippen MR) is 87.7 cm³/mol. The Morgan fingerprint density at radius 3 is 2.45 bits per heavy atom. The summed E-state index contributed by atoms with van der Waals surface area (Å²) in [6.07, 6.45) is 0. The summed E-state index contributed by atoms with van der Waals surface area (Å²) in [6.45, 7) is 5.19. The molecular formula is C12H18N2O3S3. The fourth-order valence-corrected chi connectivity index (χ4v) is 5.24. The summed E-state index contributed by atoms with van der Waals surface area (Å²) < 4.78 is 29.9. The van der Waals surface area contributed by atoms with Crippen LogP contribution in [0.1, 0.15) is 13.8 Å². The van der Waals surface area contributed by atoms with Crippen molar-refractivity contribution in [3.05, 3.63) is 18.2 Å². The Kier molecular flexibility index (Phi) is 6.09. The maximum atomic E-state index is 12.3. The van der Waals surface area contributed by atoms with Crippen molar-refractivity contribution in [1.82, 2.24) is 4.90 Å². The summed E-state index contributed by atoms with van der Waals surface area (Å²) in [4.78, 5) is 1.93. The van der Waals surface area contributed by atoms with Gasteiger partial charge in [0, 0.05) is 23.9 Å². The zero-order valence-corrected chi connectivity index (χ0v) is 14.1. The van der Waals surface area contributed by atoms with Crippen molar-refractivity contribution in [2.24, 2.45) is 0 Å².